The summed E-state index contributed by atoms with van der Waals surface area (Å²) in [4.78, 5) is 24.6. The van der Waals surface area contributed by atoms with Gasteiger partial charge in [-0.1, -0.05) is 353 Å². The molecular weight excluding hydrogens is 911 g/mol. The third kappa shape index (κ3) is 59.8. The minimum atomic E-state index is -0.843. The fourth-order valence-corrected chi connectivity index (χ4v) is 10.9. The van der Waals surface area contributed by atoms with Crippen molar-refractivity contribution in [3.8, 4) is 0 Å². The number of carbonyl (C=O) groups is 2. The molecule has 0 fully saturated rings. The first kappa shape index (κ1) is 72.6. The zero-order valence-electron chi connectivity index (χ0n) is 50.4. The lowest BCUT2D eigenvalue weighted by Crippen LogP contribution is -2.45. The summed E-state index contributed by atoms with van der Waals surface area (Å²) in [6.45, 7) is 4.95. The van der Waals surface area contributed by atoms with E-state index in [1.807, 2.05) is 6.08 Å². The number of aliphatic hydroxyl groups is 2. The number of esters is 1. The number of hydrogen-bond acceptors (Lipinski definition) is 5. The largest absolute Gasteiger partial charge is 0.466 e. The van der Waals surface area contributed by atoms with E-state index in [4.69, 9.17) is 4.74 Å². The molecule has 0 aliphatic carbocycles. The highest BCUT2D eigenvalue weighted by atomic mass is 16.5. The highest BCUT2D eigenvalue weighted by Crippen LogP contribution is 2.19. The molecular formula is C68H133NO5. The number of aliphatic hydroxyl groups excluding tert-OH is 2. The molecule has 1 amide bonds. The molecule has 0 aliphatic heterocycles. The summed E-state index contributed by atoms with van der Waals surface area (Å²) in [5, 5.41) is 23.2. The van der Waals surface area contributed by atoms with Gasteiger partial charge in [0.2, 0.25) is 5.91 Å². The molecule has 0 aliphatic rings. The summed E-state index contributed by atoms with van der Waals surface area (Å²) in [6, 6.07) is -0.626. The average molecular weight is 1040 g/mol. The number of unbranched alkanes of at least 4 members (excludes halogenated alkanes) is 53. The van der Waals surface area contributed by atoms with Crippen LogP contribution in [0.2, 0.25) is 0 Å². The summed E-state index contributed by atoms with van der Waals surface area (Å²) in [5.41, 5.74) is 0. The number of carbonyl (C=O) groups excluding carboxylic acids is 2. The van der Waals surface area contributed by atoms with Gasteiger partial charge in [-0.25, -0.2) is 0 Å². The molecule has 0 aromatic carbocycles. The topological polar surface area (TPSA) is 95.9 Å². The van der Waals surface area contributed by atoms with Gasteiger partial charge in [-0.15, -0.1) is 0 Å². The van der Waals surface area contributed by atoms with Crippen molar-refractivity contribution in [1.29, 1.82) is 0 Å². The van der Waals surface area contributed by atoms with E-state index >= 15 is 0 Å². The first-order valence-electron chi connectivity index (χ1n) is 34.0. The molecule has 0 spiro atoms. The van der Waals surface area contributed by atoms with E-state index in [9.17, 15) is 19.8 Å². The van der Waals surface area contributed by atoms with Crippen molar-refractivity contribution in [2.24, 2.45) is 0 Å². The first-order valence-corrected chi connectivity index (χ1v) is 34.0. The lowest BCUT2D eigenvalue weighted by atomic mass is 10.0. The van der Waals surface area contributed by atoms with E-state index in [2.05, 4.69) is 19.2 Å². The Bertz CT molecular complexity index is 1110. The van der Waals surface area contributed by atoms with E-state index in [0.29, 0.717) is 19.4 Å². The second-order valence-corrected chi connectivity index (χ2v) is 23.5. The van der Waals surface area contributed by atoms with Crippen LogP contribution >= 0.6 is 0 Å². The average Bonchev–Trinajstić information content (AvgIpc) is 3.40. The van der Waals surface area contributed by atoms with Crippen molar-refractivity contribution in [1.82, 2.24) is 5.32 Å². The van der Waals surface area contributed by atoms with Gasteiger partial charge in [0, 0.05) is 12.8 Å². The van der Waals surface area contributed by atoms with Crippen LogP contribution in [0.3, 0.4) is 0 Å². The molecule has 6 heteroatoms. The number of nitrogens with one attached hydrogen (secondary N) is 1. The van der Waals surface area contributed by atoms with Crippen molar-refractivity contribution in [3.05, 3.63) is 12.2 Å². The maximum atomic E-state index is 12.5. The predicted molar refractivity (Wildman–Crippen MR) is 324 cm³/mol. The summed E-state index contributed by atoms with van der Waals surface area (Å²) in [6.07, 6.45) is 78.5. The summed E-state index contributed by atoms with van der Waals surface area (Å²) < 4.78 is 5.50. The van der Waals surface area contributed by atoms with E-state index in [1.54, 1.807) is 6.08 Å². The Morgan fingerprint density at radius 1 is 0.365 bits per heavy atom. The minimum Gasteiger partial charge on any atom is -0.466 e. The Labute approximate surface area is 463 Å². The zero-order chi connectivity index (χ0) is 53.6. The number of ether oxygens (including phenoxy) is 1. The van der Waals surface area contributed by atoms with Crippen LogP contribution in [0.5, 0.6) is 0 Å². The molecule has 74 heavy (non-hydrogen) atoms. The van der Waals surface area contributed by atoms with Gasteiger partial charge < -0.3 is 20.3 Å². The third-order valence-corrected chi connectivity index (χ3v) is 16.1. The molecule has 2 unspecified atom stereocenters. The van der Waals surface area contributed by atoms with Gasteiger partial charge in [0.15, 0.2) is 0 Å². The van der Waals surface area contributed by atoms with Crippen molar-refractivity contribution in [2.75, 3.05) is 13.2 Å². The highest BCUT2D eigenvalue weighted by molar-refractivity contribution is 5.76. The van der Waals surface area contributed by atoms with Crippen LogP contribution in [0.25, 0.3) is 0 Å². The molecule has 6 nitrogen and oxygen atoms in total. The number of hydrogen-bond donors (Lipinski definition) is 3. The van der Waals surface area contributed by atoms with Gasteiger partial charge >= 0.3 is 5.97 Å². The molecule has 0 radical (unpaired) electrons. The number of allylic oxidation sites excluding steroid dienone is 1. The SMILES string of the molecule is CCCCCCCCCCCCCCCCC/C=C/C(O)C(CO)NC(=O)CCCCCCCCCCCCCCCCCCCCCCCCCCCOC(=O)CCCCCCCCCCCCCCCCC. The second kappa shape index (κ2) is 64.1. The fraction of sp³-hybridized carbons (Fsp3) is 0.941. The first-order chi connectivity index (χ1) is 36.5. The van der Waals surface area contributed by atoms with Crippen molar-refractivity contribution >= 4 is 11.9 Å². The van der Waals surface area contributed by atoms with Gasteiger partial charge in [0.1, 0.15) is 0 Å². The standard InChI is InChI=1S/C68H133NO5/c1-3-5-7-9-11-13-15-17-19-29-33-36-40-44-48-52-56-60-66(71)65(64-70)69-67(72)61-57-53-49-45-41-37-34-30-27-25-23-21-20-22-24-26-28-31-35-39-43-47-51-55-59-63-74-68(73)62-58-54-50-46-42-38-32-18-16-14-12-10-8-6-4-2/h56,60,65-66,70-71H,3-55,57-59,61-64H2,1-2H3,(H,69,72)/b60-56+. The molecule has 2 atom stereocenters. The molecule has 3 N–H and O–H groups in total. The van der Waals surface area contributed by atoms with Crippen molar-refractivity contribution in [3.63, 3.8) is 0 Å². The quantitative estimate of drug-likeness (QED) is 0.0320. The van der Waals surface area contributed by atoms with Gasteiger partial charge in [-0.05, 0) is 32.1 Å². The third-order valence-electron chi connectivity index (χ3n) is 16.1. The monoisotopic (exact) mass is 1040 g/mol. The van der Waals surface area contributed by atoms with Crippen LogP contribution in [-0.2, 0) is 14.3 Å². The normalized spacial score (nSPS) is 12.5. The maximum Gasteiger partial charge on any atom is 0.305 e. The molecule has 0 aromatic rings. The van der Waals surface area contributed by atoms with Gasteiger partial charge in [0.25, 0.3) is 0 Å². The van der Waals surface area contributed by atoms with E-state index in [-0.39, 0.29) is 18.5 Å². The lowest BCUT2D eigenvalue weighted by Gasteiger charge is -2.20. The molecule has 440 valence electrons. The van der Waals surface area contributed by atoms with Crippen LogP contribution in [0.4, 0.5) is 0 Å². The Morgan fingerprint density at radius 3 is 0.919 bits per heavy atom. The minimum absolute atomic E-state index is 0.0198. The van der Waals surface area contributed by atoms with Crippen LogP contribution in [0.15, 0.2) is 12.2 Å². The molecule has 0 saturated carbocycles. The van der Waals surface area contributed by atoms with Crippen LogP contribution in [0, 0.1) is 0 Å². The van der Waals surface area contributed by atoms with Crippen LogP contribution in [-0.4, -0.2) is 47.4 Å². The van der Waals surface area contributed by atoms with Gasteiger partial charge in [-0.2, -0.15) is 0 Å². The lowest BCUT2D eigenvalue weighted by molar-refractivity contribution is -0.143. The van der Waals surface area contributed by atoms with E-state index in [0.717, 1.165) is 38.5 Å². The van der Waals surface area contributed by atoms with E-state index < -0.39 is 12.1 Å². The summed E-state index contributed by atoms with van der Waals surface area (Å²) >= 11 is 0. The summed E-state index contributed by atoms with van der Waals surface area (Å²) in [7, 11) is 0. The smallest absolute Gasteiger partial charge is 0.305 e. The van der Waals surface area contributed by atoms with Crippen molar-refractivity contribution < 1.29 is 24.5 Å². The number of amides is 1. The second-order valence-electron chi connectivity index (χ2n) is 23.5. The van der Waals surface area contributed by atoms with Gasteiger partial charge in [0.05, 0.1) is 25.4 Å². The van der Waals surface area contributed by atoms with Crippen LogP contribution in [0.1, 0.15) is 386 Å². The molecule has 0 bridgehead atoms. The van der Waals surface area contributed by atoms with Gasteiger partial charge in [-0.3, -0.25) is 9.59 Å². The number of rotatable bonds is 64. The van der Waals surface area contributed by atoms with E-state index in [1.165, 1.54) is 321 Å². The molecule has 0 heterocycles. The Kier molecular flexibility index (Phi) is 62.9. The van der Waals surface area contributed by atoms with Crippen molar-refractivity contribution in [2.45, 2.75) is 398 Å². The van der Waals surface area contributed by atoms with Crippen LogP contribution < -0.4 is 5.32 Å². The Balaban J connectivity index is 3.36. The maximum absolute atomic E-state index is 12.5. The molecule has 0 rings (SSSR count). The highest BCUT2D eigenvalue weighted by Gasteiger charge is 2.18. The summed E-state index contributed by atoms with van der Waals surface area (Å²) in [5.74, 6) is -0.0430. The predicted octanol–water partition coefficient (Wildman–Crippen LogP) is 21.6. The molecule has 0 aromatic heterocycles. The molecule has 0 saturated heterocycles. The fourth-order valence-electron chi connectivity index (χ4n) is 10.9. The Morgan fingerprint density at radius 2 is 0.622 bits per heavy atom. The zero-order valence-corrected chi connectivity index (χ0v) is 50.4. The Hall–Kier alpha value is -1.40.